The number of benzene rings is 1. The van der Waals surface area contributed by atoms with Crippen molar-refractivity contribution >= 4 is 16.5 Å². The first-order valence-electron chi connectivity index (χ1n) is 7.40. The minimum Gasteiger partial charge on any atom is -0.487 e. The van der Waals surface area contributed by atoms with Gasteiger partial charge in [0.1, 0.15) is 23.1 Å². The van der Waals surface area contributed by atoms with Crippen LogP contribution in [0.15, 0.2) is 18.2 Å². The Hall–Kier alpha value is -1.62. The first-order valence-corrected chi connectivity index (χ1v) is 8.17. The topological polar surface area (TPSA) is 47.0 Å². The predicted molar refractivity (Wildman–Crippen MR) is 88.3 cm³/mol. The molecule has 0 atom stereocenters. The molecule has 0 saturated carbocycles. The van der Waals surface area contributed by atoms with Crippen LogP contribution >= 0.6 is 11.5 Å². The fourth-order valence-electron chi connectivity index (χ4n) is 1.95. The monoisotopic (exact) mass is 305 g/mol. The molecule has 5 heteroatoms. The van der Waals surface area contributed by atoms with Crippen molar-refractivity contribution in [2.45, 2.75) is 46.6 Å². The summed E-state index contributed by atoms with van der Waals surface area (Å²) in [5.74, 6) is 1.42. The number of rotatable bonds is 7. The van der Waals surface area contributed by atoms with E-state index in [1.165, 1.54) is 17.1 Å². The molecule has 2 rings (SSSR count). The molecule has 1 aromatic heterocycles. The summed E-state index contributed by atoms with van der Waals surface area (Å²) in [5, 5.41) is 8.50. The zero-order valence-corrected chi connectivity index (χ0v) is 14.0. The maximum absolute atomic E-state index is 5.96. The number of hydrogen-bond donors (Lipinski definition) is 1. The van der Waals surface area contributed by atoms with Gasteiger partial charge in [-0.15, -0.1) is 5.10 Å². The first-order chi connectivity index (χ1) is 10.1. The molecule has 0 aliphatic heterocycles. The van der Waals surface area contributed by atoms with Crippen LogP contribution in [0.4, 0.5) is 5.00 Å². The Bertz CT molecular complexity index is 581. The lowest BCUT2D eigenvalue weighted by Crippen LogP contribution is -2.04. The Kier molecular flexibility index (Phi) is 5.56. The smallest absolute Gasteiger partial charge is 0.136 e. The number of nitrogens with one attached hydrogen (secondary N) is 1. The van der Waals surface area contributed by atoms with Crippen molar-refractivity contribution in [3.05, 3.63) is 35.0 Å². The third-order valence-corrected chi connectivity index (χ3v) is 4.06. The molecule has 2 aromatic rings. The molecule has 0 amide bonds. The van der Waals surface area contributed by atoms with E-state index < -0.39 is 0 Å². The molecule has 0 bridgehead atoms. The van der Waals surface area contributed by atoms with Crippen LogP contribution in [0.2, 0.25) is 0 Å². The fraction of sp³-hybridized carbons (Fsp3) is 0.500. The minimum atomic E-state index is 0.449. The van der Waals surface area contributed by atoms with E-state index in [-0.39, 0.29) is 0 Å². The van der Waals surface area contributed by atoms with Crippen molar-refractivity contribution < 1.29 is 4.74 Å². The van der Waals surface area contributed by atoms with Crippen LogP contribution in [-0.4, -0.2) is 16.1 Å². The zero-order chi connectivity index (χ0) is 15.2. The van der Waals surface area contributed by atoms with E-state index in [0.717, 1.165) is 35.0 Å². The fourth-order valence-corrected chi connectivity index (χ4v) is 2.55. The van der Waals surface area contributed by atoms with Crippen LogP contribution in [0.5, 0.6) is 5.75 Å². The molecule has 0 saturated heterocycles. The van der Waals surface area contributed by atoms with E-state index in [0.29, 0.717) is 12.5 Å². The third kappa shape index (κ3) is 4.17. The van der Waals surface area contributed by atoms with Crippen LogP contribution in [0.25, 0.3) is 0 Å². The van der Waals surface area contributed by atoms with Crippen molar-refractivity contribution in [3.8, 4) is 5.75 Å². The quantitative estimate of drug-likeness (QED) is 0.825. The highest BCUT2D eigenvalue weighted by Crippen LogP contribution is 2.26. The highest BCUT2D eigenvalue weighted by atomic mass is 32.1. The lowest BCUT2D eigenvalue weighted by atomic mass is 10.0. The maximum Gasteiger partial charge on any atom is 0.136 e. The van der Waals surface area contributed by atoms with E-state index in [9.17, 15) is 0 Å². The second-order valence-electron chi connectivity index (χ2n) is 5.44. The SMILES string of the molecule is CCCNc1snnc1COc1cc(C(C)C)ccc1C. The highest BCUT2D eigenvalue weighted by molar-refractivity contribution is 7.10. The van der Waals surface area contributed by atoms with Crippen molar-refractivity contribution in [3.63, 3.8) is 0 Å². The molecule has 0 aliphatic carbocycles. The lowest BCUT2D eigenvalue weighted by Gasteiger charge is -2.12. The standard InChI is InChI=1S/C16H23N3OS/c1-5-8-17-16-14(18-19-21-16)10-20-15-9-13(11(2)3)7-6-12(15)4/h6-7,9,11,17H,5,8,10H2,1-4H3. The molecule has 0 aliphatic rings. The van der Waals surface area contributed by atoms with Gasteiger partial charge in [-0.25, -0.2) is 0 Å². The van der Waals surface area contributed by atoms with Gasteiger partial charge in [0, 0.05) is 18.1 Å². The molecule has 4 nitrogen and oxygen atoms in total. The van der Waals surface area contributed by atoms with Crippen molar-refractivity contribution in [1.29, 1.82) is 0 Å². The van der Waals surface area contributed by atoms with Gasteiger partial charge in [-0.2, -0.15) is 0 Å². The summed E-state index contributed by atoms with van der Waals surface area (Å²) in [6, 6.07) is 6.39. The summed E-state index contributed by atoms with van der Waals surface area (Å²) in [7, 11) is 0. The summed E-state index contributed by atoms with van der Waals surface area (Å²) in [5.41, 5.74) is 3.31. The second kappa shape index (κ2) is 7.41. The summed E-state index contributed by atoms with van der Waals surface area (Å²) in [6.07, 6.45) is 1.08. The normalized spacial score (nSPS) is 10.9. The summed E-state index contributed by atoms with van der Waals surface area (Å²) in [6.45, 7) is 9.95. The largest absolute Gasteiger partial charge is 0.487 e. The van der Waals surface area contributed by atoms with Gasteiger partial charge < -0.3 is 10.1 Å². The lowest BCUT2D eigenvalue weighted by molar-refractivity contribution is 0.299. The Balaban J connectivity index is 2.06. The van der Waals surface area contributed by atoms with Crippen LogP contribution in [0.1, 0.15) is 49.9 Å². The summed E-state index contributed by atoms with van der Waals surface area (Å²) < 4.78 is 9.96. The molecule has 1 aromatic carbocycles. The van der Waals surface area contributed by atoms with Gasteiger partial charge >= 0.3 is 0 Å². The molecule has 0 radical (unpaired) electrons. The van der Waals surface area contributed by atoms with E-state index in [4.69, 9.17) is 4.74 Å². The summed E-state index contributed by atoms with van der Waals surface area (Å²) in [4.78, 5) is 0. The van der Waals surface area contributed by atoms with E-state index in [2.05, 4.69) is 60.8 Å². The van der Waals surface area contributed by atoms with Gasteiger partial charge in [0.2, 0.25) is 0 Å². The Morgan fingerprint density at radius 3 is 2.86 bits per heavy atom. The Morgan fingerprint density at radius 1 is 1.33 bits per heavy atom. The van der Waals surface area contributed by atoms with Crippen molar-refractivity contribution in [2.75, 3.05) is 11.9 Å². The molecule has 0 fully saturated rings. The maximum atomic E-state index is 5.96. The average Bonchev–Trinajstić information content (AvgIpc) is 2.91. The molecule has 21 heavy (non-hydrogen) atoms. The molecule has 1 heterocycles. The third-order valence-electron chi connectivity index (χ3n) is 3.33. The summed E-state index contributed by atoms with van der Waals surface area (Å²) >= 11 is 1.38. The Morgan fingerprint density at radius 2 is 2.14 bits per heavy atom. The van der Waals surface area contributed by atoms with E-state index >= 15 is 0 Å². The van der Waals surface area contributed by atoms with Crippen LogP contribution in [0, 0.1) is 6.92 Å². The number of aryl methyl sites for hydroxylation is 1. The van der Waals surface area contributed by atoms with Gasteiger partial charge in [0.25, 0.3) is 0 Å². The first kappa shape index (κ1) is 15.8. The molecular formula is C16H23N3OS. The molecule has 0 unspecified atom stereocenters. The molecular weight excluding hydrogens is 282 g/mol. The predicted octanol–water partition coefficient (Wildman–Crippen LogP) is 4.37. The number of ether oxygens (including phenoxy) is 1. The minimum absolute atomic E-state index is 0.449. The number of hydrogen-bond acceptors (Lipinski definition) is 5. The van der Waals surface area contributed by atoms with E-state index in [1.54, 1.807) is 0 Å². The van der Waals surface area contributed by atoms with Crippen molar-refractivity contribution in [1.82, 2.24) is 9.59 Å². The van der Waals surface area contributed by atoms with Gasteiger partial charge in [-0.05, 0) is 36.5 Å². The second-order valence-corrected chi connectivity index (χ2v) is 6.20. The molecule has 1 N–H and O–H groups in total. The van der Waals surface area contributed by atoms with Crippen LogP contribution < -0.4 is 10.1 Å². The number of nitrogens with zero attached hydrogens (tertiary/aromatic N) is 2. The number of anilines is 1. The Labute approximate surface area is 130 Å². The van der Waals surface area contributed by atoms with Gasteiger partial charge in [0.05, 0.1) is 0 Å². The number of aromatic nitrogens is 2. The van der Waals surface area contributed by atoms with Crippen LogP contribution in [0.3, 0.4) is 0 Å². The average molecular weight is 305 g/mol. The molecule has 0 spiro atoms. The van der Waals surface area contributed by atoms with Gasteiger partial charge in [-0.1, -0.05) is 37.4 Å². The zero-order valence-electron chi connectivity index (χ0n) is 13.1. The van der Waals surface area contributed by atoms with Gasteiger partial charge in [-0.3, -0.25) is 0 Å². The highest BCUT2D eigenvalue weighted by Gasteiger charge is 2.10. The van der Waals surface area contributed by atoms with Gasteiger partial charge in [0.15, 0.2) is 0 Å². The molecule has 114 valence electrons. The van der Waals surface area contributed by atoms with Crippen LogP contribution in [-0.2, 0) is 6.61 Å². The van der Waals surface area contributed by atoms with E-state index in [1.807, 2.05) is 0 Å². The van der Waals surface area contributed by atoms with Crippen molar-refractivity contribution in [2.24, 2.45) is 0 Å².